The molecular weight excluding hydrogens is 310 g/mol. The van der Waals surface area contributed by atoms with Crippen LogP contribution < -0.4 is 4.90 Å². The zero-order valence-electron chi connectivity index (χ0n) is 14.5. The molecule has 25 heavy (non-hydrogen) atoms. The van der Waals surface area contributed by atoms with Gasteiger partial charge in [-0.15, -0.1) is 0 Å². The van der Waals surface area contributed by atoms with Crippen LogP contribution in [-0.4, -0.2) is 24.7 Å². The van der Waals surface area contributed by atoms with E-state index in [9.17, 15) is 9.59 Å². The number of hydrogen-bond acceptors (Lipinski definition) is 3. The van der Waals surface area contributed by atoms with Crippen molar-refractivity contribution in [3.05, 3.63) is 82.9 Å². The van der Waals surface area contributed by atoms with E-state index in [2.05, 4.69) is 30.9 Å². The van der Waals surface area contributed by atoms with Crippen molar-refractivity contribution in [2.45, 2.75) is 13.8 Å². The fourth-order valence-corrected chi connectivity index (χ4v) is 3.06. The number of ketones is 2. The summed E-state index contributed by atoms with van der Waals surface area (Å²) in [6, 6.07) is 15.2. The summed E-state index contributed by atoms with van der Waals surface area (Å²) in [6.45, 7) is 6.22. The Morgan fingerprint density at radius 2 is 1.40 bits per heavy atom. The first-order valence-corrected chi connectivity index (χ1v) is 8.57. The summed E-state index contributed by atoms with van der Waals surface area (Å²) in [5, 5.41) is 0. The van der Waals surface area contributed by atoms with E-state index in [0.717, 1.165) is 18.7 Å². The largest absolute Gasteiger partial charge is 0.372 e. The lowest BCUT2D eigenvalue weighted by molar-refractivity contribution is 0.0989. The van der Waals surface area contributed by atoms with E-state index in [1.807, 2.05) is 18.2 Å². The third-order valence-electron chi connectivity index (χ3n) is 4.48. The quantitative estimate of drug-likeness (QED) is 0.596. The lowest BCUT2D eigenvalue weighted by atomic mass is 10.1. The van der Waals surface area contributed by atoms with Gasteiger partial charge in [0, 0.05) is 29.9 Å². The Morgan fingerprint density at radius 1 is 0.840 bits per heavy atom. The van der Waals surface area contributed by atoms with E-state index in [4.69, 9.17) is 0 Å². The minimum Gasteiger partial charge on any atom is -0.372 e. The molecule has 0 spiro atoms. The molecule has 0 fully saturated rings. The van der Waals surface area contributed by atoms with Gasteiger partial charge in [-0.25, -0.2) is 0 Å². The molecule has 0 radical (unpaired) electrons. The molecule has 2 aromatic rings. The molecule has 0 N–H and O–H groups in total. The molecule has 1 aliphatic carbocycles. The fourth-order valence-electron chi connectivity index (χ4n) is 3.06. The Kier molecular flexibility index (Phi) is 4.94. The van der Waals surface area contributed by atoms with Gasteiger partial charge in [0.2, 0.25) is 0 Å². The Hall–Kier alpha value is -2.94. The Labute approximate surface area is 148 Å². The predicted octanol–water partition coefficient (Wildman–Crippen LogP) is 4.55. The minimum absolute atomic E-state index is 0.192. The van der Waals surface area contributed by atoms with Gasteiger partial charge >= 0.3 is 0 Å². The van der Waals surface area contributed by atoms with Crippen LogP contribution in [0.25, 0.3) is 6.08 Å². The summed E-state index contributed by atoms with van der Waals surface area (Å²) in [5.41, 5.74) is 3.45. The van der Waals surface area contributed by atoms with Gasteiger partial charge in [-0.05, 0) is 37.6 Å². The molecule has 0 heterocycles. The van der Waals surface area contributed by atoms with Crippen LogP contribution in [0.1, 0.15) is 40.1 Å². The van der Waals surface area contributed by atoms with Crippen LogP contribution in [0, 0.1) is 0 Å². The average Bonchev–Trinajstić information content (AvgIpc) is 2.89. The van der Waals surface area contributed by atoms with Crippen LogP contribution in [0.3, 0.4) is 0 Å². The highest BCUT2D eigenvalue weighted by Crippen LogP contribution is 2.26. The van der Waals surface area contributed by atoms with Crippen molar-refractivity contribution < 1.29 is 9.59 Å². The predicted molar refractivity (Wildman–Crippen MR) is 102 cm³/mol. The summed E-state index contributed by atoms with van der Waals surface area (Å²) in [7, 11) is 0. The summed E-state index contributed by atoms with van der Waals surface area (Å²) in [6.07, 6.45) is 5.29. The summed E-state index contributed by atoms with van der Waals surface area (Å²) >= 11 is 0. The van der Waals surface area contributed by atoms with Crippen LogP contribution in [0.5, 0.6) is 0 Å². The van der Waals surface area contributed by atoms with Gasteiger partial charge in [-0.1, -0.05) is 48.6 Å². The lowest BCUT2D eigenvalue weighted by Crippen LogP contribution is -2.21. The van der Waals surface area contributed by atoms with Gasteiger partial charge in [-0.3, -0.25) is 9.59 Å². The number of nitrogens with zero attached hydrogens (tertiary/aromatic N) is 1. The normalized spacial score (nSPS) is 13.4. The van der Waals surface area contributed by atoms with Gasteiger partial charge in [-0.2, -0.15) is 0 Å². The summed E-state index contributed by atoms with van der Waals surface area (Å²) in [4.78, 5) is 26.9. The highest BCUT2D eigenvalue weighted by molar-refractivity contribution is 6.39. The number of hydrogen-bond donors (Lipinski definition) is 0. The third-order valence-corrected chi connectivity index (χ3v) is 4.48. The average molecular weight is 331 g/mol. The van der Waals surface area contributed by atoms with Gasteiger partial charge in [0.1, 0.15) is 0 Å². The number of Topliss-reactive ketones (excluding diaryl/α,β-unsaturated/α-hetero) is 2. The van der Waals surface area contributed by atoms with Crippen molar-refractivity contribution in [1.29, 1.82) is 0 Å². The van der Waals surface area contributed by atoms with E-state index in [0.29, 0.717) is 11.1 Å². The monoisotopic (exact) mass is 331 g/mol. The van der Waals surface area contributed by atoms with E-state index in [1.165, 1.54) is 5.69 Å². The molecular formula is C22H21NO2. The van der Waals surface area contributed by atoms with Crippen molar-refractivity contribution in [3.8, 4) is 0 Å². The second-order valence-corrected chi connectivity index (χ2v) is 5.91. The lowest BCUT2D eigenvalue weighted by Gasteiger charge is -2.20. The second kappa shape index (κ2) is 7.31. The molecule has 0 unspecified atom stereocenters. The Bertz CT molecular complexity index is 819. The molecule has 0 amide bonds. The second-order valence-electron chi connectivity index (χ2n) is 5.91. The molecule has 3 nitrogen and oxygen atoms in total. The number of allylic oxidation sites excluding steroid dienone is 3. The smallest absolute Gasteiger partial charge is 0.197 e. The maximum atomic E-state index is 12.3. The van der Waals surface area contributed by atoms with Crippen LogP contribution >= 0.6 is 0 Å². The molecule has 0 saturated carbocycles. The Balaban J connectivity index is 1.76. The van der Waals surface area contributed by atoms with E-state index in [1.54, 1.807) is 36.4 Å². The summed E-state index contributed by atoms with van der Waals surface area (Å²) in [5.74, 6) is -0.385. The highest BCUT2D eigenvalue weighted by atomic mass is 16.2. The van der Waals surface area contributed by atoms with Crippen molar-refractivity contribution in [3.63, 3.8) is 0 Å². The van der Waals surface area contributed by atoms with Gasteiger partial charge in [0.05, 0.1) is 5.57 Å². The third kappa shape index (κ3) is 3.31. The number of fused-ring (bicyclic) bond motifs is 1. The first-order valence-electron chi connectivity index (χ1n) is 8.57. The molecule has 3 rings (SSSR count). The first kappa shape index (κ1) is 16.9. The van der Waals surface area contributed by atoms with Crippen LogP contribution in [0.4, 0.5) is 5.69 Å². The number of benzene rings is 2. The molecule has 0 aromatic heterocycles. The minimum atomic E-state index is -0.192. The number of carbonyl (C=O) groups is 2. The van der Waals surface area contributed by atoms with Crippen molar-refractivity contribution in [2.75, 3.05) is 18.0 Å². The molecule has 126 valence electrons. The van der Waals surface area contributed by atoms with E-state index >= 15 is 0 Å². The van der Waals surface area contributed by atoms with Crippen LogP contribution in [0.15, 0.2) is 66.3 Å². The highest BCUT2D eigenvalue weighted by Gasteiger charge is 2.31. The Morgan fingerprint density at radius 3 is 1.92 bits per heavy atom. The maximum absolute atomic E-state index is 12.3. The molecule has 0 aliphatic heterocycles. The van der Waals surface area contributed by atoms with Crippen molar-refractivity contribution in [1.82, 2.24) is 0 Å². The standard InChI is InChI=1S/C22H21NO2/c1-3-23(4-2)17-14-12-16(13-15-17)8-7-11-20-21(24)18-9-5-6-10-19(18)22(20)25/h5-15H,3-4H2,1-2H3/b8-7+. The molecule has 0 saturated heterocycles. The van der Waals surface area contributed by atoms with E-state index < -0.39 is 0 Å². The topological polar surface area (TPSA) is 37.4 Å². The van der Waals surface area contributed by atoms with Crippen molar-refractivity contribution in [2.24, 2.45) is 0 Å². The molecule has 2 aromatic carbocycles. The fraction of sp³-hybridized carbons (Fsp3) is 0.182. The zero-order valence-corrected chi connectivity index (χ0v) is 14.5. The van der Waals surface area contributed by atoms with E-state index in [-0.39, 0.29) is 17.1 Å². The first-order chi connectivity index (χ1) is 12.2. The summed E-state index contributed by atoms with van der Waals surface area (Å²) < 4.78 is 0. The molecule has 1 aliphatic rings. The van der Waals surface area contributed by atoms with Crippen LogP contribution in [-0.2, 0) is 0 Å². The molecule has 0 bridgehead atoms. The number of anilines is 1. The SMILES string of the molecule is CCN(CC)c1ccc(/C=C/C=C2C(=O)c3ccccc3C2=O)cc1. The number of rotatable bonds is 5. The molecule has 3 heteroatoms. The van der Waals surface area contributed by atoms with Crippen LogP contribution in [0.2, 0.25) is 0 Å². The number of carbonyl (C=O) groups excluding carboxylic acids is 2. The molecule has 0 atom stereocenters. The van der Waals surface area contributed by atoms with Gasteiger partial charge in [0.25, 0.3) is 0 Å². The zero-order chi connectivity index (χ0) is 17.8. The van der Waals surface area contributed by atoms with Crippen molar-refractivity contribution >= 4 is 23.3 Å². The maximum Gasteiger partial charge on any atom is 0.197 e. The van der Waals surface area contributed by atoms with Gasteiger partial charge < -0.3 is 4.90 Å². The van der Waals surface area contributed by atoms with Gasteiger partial charge in [0.15, 0.2) is 11.6 Å².